The lowest BCUT2D eigenvalue weighted by molar-refractivity contribution is 0.564. The molecule has 0 unspecified atom stereocenters. The van der Waals surface area contributed by atoms with Gasteiger partial charge in [0.2, 0.25) is 5.82 Å². The van der Waals surface area contributed by atoms with E-state index in [2.05, 4.69) is 39.5 Å². The van der Waals surface area contributed by atoms with Crippen molar-refractivity contribution in [2.75, 3.05) is 0 Å². The van der Waals surface area contributed by atoms with E-state index in [4.69, 9.17) is 0 Å². The molecule has 0 saturated heterocycles. The van der Waals surface area contributed by atoms with Crippen molar-refractivity contribution >= 4 is 16.3 Å². The molecule has 0 N–H and O–H groups in total. The molecule has 0 atom stereocenters. The molecule has 1 aromatic carbocycles. The number of hydrogen-bond acceptors (Lipinski definition) is 6. The third-order valence-corrected chi connectivity index (χ3v) is 4.49. The molecular weight excluding hydrogens is 324 g/mol. The van der Waals surface area contributed by atoms with Crippen LogP contribution in [0.3, 0.4) is 0 Å². The van der Waals surface area contributed by atoms with Crippen LogP contribution in [0.15, 0.2) is 46.7 Å². The van der Waals surface area contributed by atoms with Crippen molar-refractivity contribution in [3.63, 3.8) is 0 Å². The second-order valence-electron chi connectivity index (χ2n) is 5.34. The molecule has 4 rings (SSSR count). The van der Waals surface area contributed by atoms with Gasteiger partial charge in [0.25, 0.3) is 5.56 Å². The second kappa shape index (κ2) is 5.97. The molecule has 0 aliphatic rings. The average Bonchev–Trinajstić information content (AvgIpc) is 3.24. The molecular formula is C16H14N6OS. The van der Waals surface area contributed by atoms with Crippen LogP contribution in [0, 0.1) is 0 Å². The minimum Gasteiger partial charge on any atom is -0.269 e. The van der Waals surface area contributed by atoms with E-state index in [1.807, 2.05) is 17.5 Å². The van der Waals surface area contributed by atoms with E-state index in [0.29, 0.717) is 23.0 Å². The number of tetrazole rings is 1. The molecule has 24 heavy (non-hydrogen) atoms. The quantitative estimate of drug-likeness (QED) is 0.569. The van der Waals surface area contributed by atoms with Gasteiger partial charge in [-0.25, -0.2) is 4.98 Å². The zero-order chi connectivity index (χ0) is 16.5. The smallest absolute Gasteiger partial charge is 0.258 e. The molecule has 4 aromatic rings. The summed E-state index contributed by atoms with van der Waals surface area (Å²) in [6.45, 7) is 2.42. The largest absolute Gasteiger partial charge is 0.269 e. The first-order valence-electron chi connectivity index (χ1n) is 7.56. The molecule has 0 radical (unpaired) electrons. The maximum atomic E-state index is 12.0. The van der Waals surface area contributed by atoms with Gasteiger partial charge < -0.3 is 0 Å². The van der Waals surface area contributed by atoms with Crippen molar-refractivity contribution in [2.45, 2.75) is 19.9 Å². The molecule has 120 valence electrons. The van der Waals surface area contributed by atoms with Crippen LogP contribution in [0.4, 0.5) is 0 Å². The summed E-state index contributed by atoms with van der Waals surface area (Å²) in [5.41, 5.74) is 2.69. The summed E-state index contributed by atoms with van der Waals surface area (Å²) >= 11 is 1.42. The van der Waals surface area contributed by atoms with E-state index in [9.17, 15) is 4.79 Å². The van der Waals surface area contributed by atoms with Crippen molar-refractivity contribution in [2.24, 2.45) is 0 Å². The maximum absolute atomic E-state index is 12.0. The molecule has 3 heterocycles. The zero-order valence-electron chi connectivity index (χ0n) is 13.0. The van der Waals surface area contributed by atoms with Crippen LogP contribution in [0.1, 0.15) is 18.2 Å². The minimum absolute atomic E-state index is 0.105. The summed E-state index contributed by atoms with van der Waals surface area (Å²) in [5.74, 6) is 0.562. The molecule has 0 saturated carbocycles. The highest BCUT2D eigenvalue weighted by Crippen LogP contribution is 2.15. The SMILES string of the molecule is CCc1ccc(-c2nnn(Cc3cc(=O)n4ccsc4n3)n2)cc1. The number of rotatable bonds is 4. The number of hydrogen-bond donors (Lipinski definition) is 0. The lowest BCUT2D eigenvalue weighted by Crippen LogP contribution is -2.15. The van der Waals surface area contributed by atoms with Crippen molar-refractivity contribution in [1.29, 1.82) is 0 Å². The van der Waals surface area contributed by atoms with Gasteiger partial charge in [-0.2, -0.15) is 4.80 Å². The lowest BCUT2D eigenvalue weighted by atomic mass is 10.1. The van der Waals surface area contributed by atoms with Crippen LogP contribution in [-0.4, -0.2) is 29.6 Å². The Kier molecular flexibility index (Phi) is 3.66. The average molecular weight is 338 g/mol. The molecule has 0 spiro atoms. The van der Waals surface area contributed by atoms with Gasteiger partial charge in [0.05, 0.1) is 5.69 Å². The highest BCUT2D eigenvalue weighted by molar-refractivity contribution is 7.15. The Hall–Kier alpha value is -2.87. The third kappa shape index (κ3) is 2.71. The van der Waals surface area contributed by atoms with Crippen LogP contribution in [0.2, 0.25) is 0 Å². The van der Waals surface area contributed by atoms with Crippen molar-refractivity contribution in [1.82, 2.24) is 29.6 Å². The van der Waals surface area contributed by atoms with Crippen LogP contribution >= 0.6 is 11.3 Å². The summed E-state index contributed by atoms with van der Waals surface area (Å²) in [4.78, 5) is 18.6. The number of benzene rings is 1. The van der Waals surface area contributed by atoms with Gasteiger partial charge in [0.15, 0.2) is 4.96 Å². The summed E-state index contributed by atoms with van der Waals surface area (Å²) in [6.07, 6.45) is 2.71. The molecule has 0 bridgehead atoms. The Bertz CT molecular complexity index is 1050. The standard InChI is InChI=1S/C16H14N6OS/c1-2-11-3-5-12(6-4-11)15-18-20-22(19-15)10-13-9-14(23)21-7-8-24-16(21)17-13/h3-9H,2,10H2,1H3. The Balaban J connectivity index is 1.60. The number of thiazole rings is 1. The predicted molar refractivity (Wildman–Crippen MR) is 91.1 cm³/mol. The van der Waals surface area contributed by atoms with E-state index >= 15 is 0 Å². The monoisotopic (exact) mass is 338 g/mol. The Labute approximate surface area is 141 Å². The first-order valence-corrected chi connectivity index (χ1v) is 8.44. The second-order valence-corrected chi connectivity index (χ2v) is 6.21. The van der Waals surface area contributed by atoms with E-state index < -0.39 is 0 Å². The Morgan fingerprint density at radius 2 is 2.04 bits per heavy atom. The first-order chi connectivity index (χ1) is 11.7. The highest BCUT2D eigenvalue weighted by Gasteiger charge is 2.09. The first kappa shape index (κ1) is 14.7. The van der Waals surface area contributed by atoms with E-state index in [0.717, 1.165) is 12.0 Å². The van der Waals surface area contributed by atoms with Gasteiger partial charge in [-0.15, -0.1) is 21.5 Å². The summed E-state index contributed by atoms with van der Waals surface area (Å²) in [6, 6.07) is 9.59. The Morgan fingerprint density at radius 1 is 1.21 bits per heavy atom. The van der Waals surface area contributed by atoms with E-state index in [-0.39, 0.29) is 5.56 Å². The maximum Gasteiger partial charge on any atom is 0.258 e. The number of aromatic nitrogens is 6. The van der Waals surface area contributed by atoms with Gasteiger partial charge in [0, 0.05) is 23.2 Å². The molecule has 0 amide bonds. The van der Waals surface area contributed by atoms with Crippen molar-refractivity contribution < 1.29 is 0 Å². The summed E-state index contributed by atoms with van der Waals surface area (Å²) in [7, 11) is 0. The van der Waals surface area contributed by atoms with Gasteiger partial charge >= 0.3 is 0 Å². The van der Waals surface area contributed by atoms with Gasteiger partial charge in [-0.05, 0) is 17.2 Å². The van der Waals surface area contributed by atoms with Gasteiger partial charge in [0.1, 0.15) is 6.54 Å². The van der Waals surface area contributed by atoms with Crippen molar-refractivity contribution in [3.05, 3.63) is 63.5 Å². The fraction of sp³-hybridized carbons (Fsp3) is 0.188. The number of fused-ring (bicyclic) bond motifs is 1. The minimum atomic E-state index is -0.105. The van der Waals surface area contributed by atoms with Gasteiger partial charge in [-0.3, -0.25) is 9.20 Å². The Morgan fingerprint density at radius 3 is 2.83 bits per heavy atom. The topological polar surface area (TPSA) is 78.0 Å². The third-order valence-electron chi connectivity index (χ3n) is 3.73. The van der Waals surface area contributed by atoms with E-state index in [1.165, 1.54) is 32.2 Å². The lowest BCUT2D eigenvalue weighted by Gasteiger charge is -2.00. The molecule has 8 heteroatoms. The number of nitrogens with zero attached hydrogens (tertiary/aromatic N) is 6. The highest BCUT2D eigenvalue weighted by atomic mass is 32.1. The van der Waals surface area contributed by atoms with Crippen LogP contribution in [0.5, 0.6) is 0 Å². The predicted octanol–water partition coefficient (Wildman–Crippen LogP) is 2.02. The fourth-order valence-corrected chi connectivity index (χ4v) is 3.17. The molecule has 3 aromatic heterocycles. The molecule has 0 aliphatic heterocycles. The fourth-order valence-electron chi connectivity index (χ4n) is 2.43. The zero-order valence-corrected chi connectivity index (χ0v) is 13.8. The van der Waals surface area contributed by atoms with Crippen LogP contribution in [-0.2, 0) is 13.0 Å². The molecule has 0 aliphatic carbocycles. The number of aryl methyl sites for hydroxylation is 1. The summed E-state index contributed by atoms with van der Waals surface area (Å²) < 4.78 is 1.52. The summed E-state index contributed by atoms with van der Waals surface area (Å²) in [5, 5.41) is 14.4. The van der Waals surface area contributed by atoms with E-state index in [1.54, 1.807) is 6.20 Å². The van der Waals surface area contributed by atoms with Crippen LogP contribution < -0.4 is 5.56 Å². The van der Waals surface area contributed by atoms with Crippen LogP contribution in [0.25, 0.3) is 16.3 Å². The molecule has 0 fully saturated rings. The normalized spacial score (nSPS) is 11.2. The van der Waals surface area contributed by atoms with Gasteiger partial charge in [-0.1, -0.05) is 31.2 Å². The van der Waals surface area contributed by atoms with Crippen molar-refractivity contribution in [3.8, 4) is 11.4 Å². The molecule has 7 nitrogen and oxygen atoms in total.